The zero-order chi connectivity index (χ0) is 13.4. The van der Waals surface area contributed by atoms with Crippen molar-refractivity contribution < 1.29 is 14.7 Å². The Morgan fingerprint density at radius 1 is 1.26 bits per heavy atom. The van der Waals surface area contributed by atoms with Crippen LogP contribution in [0.4, 0.5) is 0 Å². The van der Waals surface area contributed by atoms with Crippen LogP contribution in [0.3, 0.4) is 0 Å². The van der Waals surface area contributed by atoms with Crippen molar-refractivity contribution in [3.8, 4) is 0 Å². The number of carboxylic acids is 1. The lowest BCUT2D eigenvalue weighted by Gasteiger charge is -2.10. The van der Waals surface area contributed by atoms with Crippen molar-refractivity contribution in [2.45, 2.75) is 5.37 Å². The highest BCUT2D eigenvalue weighted by Gasteiger charge is 2.29. The molecule has 5 heteroatoms. The number of nitrogens with one attached hydrogen (secondary N) is 1. The Kier molecular flexibility index (Phi) is 2.91. The molecule has 1 heterocycles. The van der Waals surface area contributed by atoms with Gasteiger partial charge in [0.1, 0.15) is 5.37 Å². The zero-order valence-corrected chi connectivity index (χ0v) is 10.7. The number of fused-ring (bicyclic) bond motifs is 2. The van der Waals surface area contributed by atoms with Crippen molar-refractivity contribution in [2.75, 3.05) is 5.75 Å². The summed E-state index contributed by atoms with van der Waals surface area (Å²) in [5.41, 5.74) is 1.51. The maximum Gasteiger partial charge on any atom is 0.313 e. The number of carbonyl (C=O) groups is 2. The van der Waals surface area contributed by atoms with Crippen LogP contribution >= 0.6 is 11.8 Å². The Labute approximate surface area is 113 Å². The van der Waals surface area contributed by atoms with E-state index in [9.17, 15) is 9.59 Å². The molecular formula is C14H11NO3S. The quantitative estimate of drug-likeness (QED) is 0.901. The van der Waals surface area contributed by atoms with Crippen LogP contribution in [0.15, 0.2) is 36.4 Å². The van der Waals surface area contributed by atoms with Gasteiger partial charge in [0.2, 0.25) is 0 Å². The third-order valence-corrected chi connectivity index (χ3v) is 4.20. The number of rotatable bonds is 3. The number of carboxylic acid groups (broad SMARTS) is 1. The predicted molar refractivity (Wildman–Crippen MR) is 74.2 cm³/mol. The minimum atomic E-state index is -0.881. The van der Waals surface area contributed by atoms with E-state index in [1.165, 1.54) is 11.8 Å². The first-order valence-electron chi connectivity index (χ1n) is 5.82. The van der Waals surface area contributed by atoms with E-state index in [-0.39, 0.29) is 17.0 Å². The first-order valence-corrected chi connectivity index (χ1v) is 6.87. The van der Waals surface area contributed by atoms with Gasteiger partial charge in [-0.25, -0.2) is 0 Å². The van der Waals surface area contributed by atoms with Gasteiger partial charge in [-0.05, 0) is 28.5 Å². The largest absolute Gasteiger partial charge is 0.481 e. The average molecular weight is 273 g/mol. The van der Waals surface area contributed by atoms with Crippen LogP contribution in [0.1, 0.15) is 21.3 Å². The summed E-state index contributed by atoms with van der Waals surface area (Å²) in [5.74, 6) is -1.05. The molecule has 4 nitrogen and oxygen atoms in total. The molecular weight excluding hydrogens is 262 g/mol. The summed E-state index contributed by atoms with van der Waals surface area (Å²) >= 11 is 1.22. The fourth-order valence-corrected chi connectivity index (χ4v) is 3.11. The Morgan fingerprint density at radius 3 is 2.63 bits per heavy atom. The van der Waals surface area contributed by atoms with E-state index >= 15 is 0 Å². The molecule has 1 unspecified atom stereocenters. The first-order chi connectivity index (χ1) is 9.15. The van der Waals surface area contributed by atoms with Crippen molar-refractivity contribution in [1.82, 2.24) is 5.32 Å². The number of aliphatic carboxylic acids is 1. The number of carbonyl (C=O) groups excluding carboxylic acids is 1. The molecule has 0 saturated carbocycles. The van der Waals surface area contributed by atoms with Crippen LogP contribution in [-0.2, 0) is 4.79 Å². The molecule has 1 aliphatic heterocycles. The number of thioether (sulfide) groups is 1. The van der Waals surface area contributed by atoms with E-state index in [4.69, 9.17) is 5.11 Å². The minimum Gasteiger partial charge on any atom is -0.481 e. The van der Waals surface area contributed by atoms with Crippen LogP contribution in [-0.4, -0.2) is 22.7 Å². The van der Waals surface area contributed by atoms with Crippen LogP contribution in [0.2, 0.25) is 0 Å². The SMILES string of the molecule is O=C(O)CSC1NC(=O)c2cc3ccccc3cc21. The van der Waals surface area contributed by atoms with E-state index in [1.54, 1.807) is 0 Å². The highest BCUT2D eigenvalue weighted by atomic mass is 32.2. The van der Waals surface area contributed by atoms with Crippen LogP contribution < -0.4 is 5.32 Å². The van der Waals surface area contributed by atoms with E-state index in [0.29, 0.717) is 5.56 Å². The Bertz CT molecular complexity index is 683. The second-order valence-corrected chi connectivity index (χ2v) is 5.44. The second-order valence-electron chi connectivity index (χ2n) is 4.34. The molecule has 2 aromatic carbocycles. The number of amides is 1. The Morgan fingerprint density at radius 2 is 1.95 bits per heavy atom. The number of hydrogen-bond donors (Lipinski definition) is 2. The normalized spacial score (nSPS) is 17.3. The summed E-state index contributed by atoms with van der Waals surface area (Å²) in [6.45, 7) is 0. The molecule has 0 bridgehead atoms. The summed E-state index contributed by atoms with van der Waals surface area (Å²) in [5, 5.41) is 13.3. The lowest BCUT2D eigenvalue weighted by atomic mass is 10.0. The van der Waals surface area contributed by atoms with Crippen molar-refractivity contribution >= 4 is 34.4 Å². The molecule has 19 heavy (non-hydrogen) atoms. The Balaban J connectivity index is 2.03. The number of benzene rings is 2. The van der Waals surface area contributed by atoms with Crippen LogP contribution in [0.5, 0.6) is 0 Å². The predicted octanol–water partition coefficient (Wildman–Crippen LogP) is 2.40. The topological polar surface area (TPSA) is 66.4 Å². The zero-order valence-electron chi connectivity index (χ0n) is 9.92. The summed E-state index contributed by atoms with van der Waals surface area (Å²) in [7, 11) is 0. The van der Waals surface area contributed by atoms with Gasteiger partial charge in [0.25, 0.3) is 5.91 Å². The van der Waals surface area contributed by atoms with Gasteiger partial charge in [-0.3, -0.25) is 9.59 Å². The first kappa shape index (κ1) is 12.0. The van der Waals surface area contributed by atoms with Gasteiger partial charge < -0.3 is 10.4 Å². The molecule has 0 saturated heterocycles. The van der Waals surface area contributed by atoms with Crippen LogP contribution in [0.25, 0.3) is 10.8 Å². The summed E-state index contributed by atoms with van der Waals surface area (Å²) < 4.78 is 0. The Hall–Kier alpha value is -2.01. The molecule has 0 spiro atoms. The highest BCUT2D eigenvalue weighted by Crippen LogP contribution is 2.36. The van der Waals surface area contributed by atoms with Gasteiger partial charge in [-0.1, -0.05) is 24.3 Å². The molecule has 0 aliphatic carbocycles. The van der Waals surface area contributed by atoms with Gasteiger partial charge in [0, 0.05) is 5.56 Å². The molecule has 0 aromatic heterocycles. The van der Waals surface area contributed by atoms with E-state index in [1.807, 2.05) is 36.4 Å². The molecule has 1 amide bonds. The molecule has 1 aliphatic rings. The lowest BCUT2D eigenvalue weighted by Crippen LogP contribution is -2.17. The molecule has 1 atom stereocenters. The molecule has 2 N–H and O–H groups in total. The fraction of sp³-hybridized carbons (Fsp3) is 0.143. The van der Waals surface area contributed by atoms with Crippen molar-refractivity contribution in [1.29, 1.82) is 0 Å². The molecule has 96 valence electrons. The van der Waals surface area contributed by atoms with Gasteiger partial charge in [-0.2, -0.15) is 0 Å². The maximum atomic E-state index is 11.9. The van der Waals surface area contributed by atoms with Gasteiger partial charge in [0.05, 0.1) is 5.75 Å². The summed E-state index contributed by atoms with van der Waals surface area (Å²) in [4.78, 5) is 22.5. The fourth-order valence-electron chi connectivity index (χ4n) is 2.23. The third kappa shape index (κ3) is 2.17. The van der Waals surface area contributed by atoms with Crippen LogP contribution in [0, 0.1) is 0 Å². The maximum absolute atomic E-state index is 11.9. The smallest absolute Gasteiger partial charge is 0.313 e. The van der Waals surface area contributed by atoms with Crippen molar-refractivity contribution in [3.05, 3.63) is 47.5 Å². The van der Waals surface area contributed by atoms with E-state index < -0.39 is 5.97 Å². The molecule has 3 rings (SSSR count). The van der Waals surface area contributed by atoms with E-state index in [0.717, 1.165) is 16.3 Å². The molecule has 2 aromatic rings. The summed E-state index contributed by atoms with van der Waals surface area (Å²) in [6.07, 6.45) is 0. The number of hydrogen-bond acceptors (Lipinski definition) is 3. The third-order valence-electron chi connectivity index (χ3n) is 3.08. The standard InChI is InChI=1S/C14H11NO3S/c16-12(17)7-19-14-11-6-9-4-2-1-3-8(9)5-10(11)13(18)15-14/h1-6,14H,7H2,(H,15,18)(H,16,17). The van der Waals surface area contributed by atoms with Gasteiger partial charge in [-0.15, -0.1) is 11.8 Å². The van der Waals surface area contributed by atoms with E-state index in [2.05, 4.69) is 5.32 Å². The molecule has 0 radical (unpaired) electrons. The minimum absolute atomic E-state index is 0.0305. The molecule has 0 fully saturated rings. The summed E-state index contributed by atoms with van der Waals surface area (Å²) in [6, 6.07) is 11.6. The van der Waals surface area contributed by atoms with Crippen molar-refractivity contribution in [3.63, 3.8) is 0 Å². The average Bonchev–Trinajstić information content (AvgIpc) is 2.70. The highest BCUT2D eigenvalue weighted by molar-refractivity contribution is 8.00. The lowest BCUT2D eigenvalue weighted by molar-refractivity contribution is -0.133. The van der Waals surface area contributed by atoms with Gasteiger partial charge >= 0.3 is 5.97 Å². The monoisotopic (exact) mass is 273 g/mol. The van der Waals surface area contributed by atoms with Crippen molar-refractivity contribution in [2.24, 2.45) is 0 Å². The van der Waals surface area contributed by atoms with Gasteiger partial charge in [0.15, 0.2) is 0 Å². The second kappa shape index (κ2) is 4.59.